The molecule has 0 spiro atoms. The van der Waals surface area contributed by atoms with Gasteiger partial charge >= 0.3 is 29.6 Å². The van der Waals surface area contributed by atoms with Crippen LogP contribution >= 0.6 is 0 Å². The Morgan fingerprint density at radius 1 is 1.35 bits per heavy atom. The predicted molar refractivity (Wildman–Crippen MR) is 50.8 cm³/mol. The van der Waals surface area contributed by atoms with Gasteiger partial charge < -0.3 is 4.55 Å². The summed E-state index contributed by atoms with van der Waals surface area (Å²) in [6.07, 6.45) is -0.652. The third-order valence-electron chi connectivity index (χ3n) is 1.78. The minimum Gasteiger partial charge on any atom is -0.747 e. The molecule has 0 aromatic carbocycles. The Morgan fingerprint density at radius 2 is 1.82 bits per heavy atom. The monoisotopic (exact) mass is 273 g/mol. The molecule has 1 fully saturated rings. The molecule has 92 valence electrons. The third-order valence-corrected chi connectivity index (χ3v) is 2.84. The predicted octanol–water partition coefficient (Wildman–Crippen LogP) is -3.61. The average Bonchev–Trinajstić information content (AvgIpc) is 2.28. The molecular formula is C8H12NNaO6S. The summed E-state index contributed by atoms with van der Waals surface area (Å²) >= 11 is 0. The molecule has 1 aliphatic rings. The molecule has 1 aliphatic heterocycles. The fraction of sp³-hybridized carbons (Fsp3) is 0.750. The number of carbonyl (C=O) groups is 2. The van der Waals surface area contributed by atoms with Gasteiger partial charge in [0.05, 0.1) is 12.0 Å². The summed E-state index contributed by atoms with van der Waals surface area (Å²) in [5.41, 5.74) is -0.827. The Bertz CT molecular complexity index is 426. The molecule has 0 N–H and O–H groups in total. The summed E-state index contributed by atoms with van der Waals surface area (Å²) in [4.78, 5) is 27.7. The van der Waals surface area contributed by atoms with E-state index >= 15 is 0 Å². The summed E-state index contributed by atoms with van der Waals surface area (Å²) in [5.74, 6) is -1.93. The summed E-state index contributed by atoms with van der Waals surface area (Å²) < 4.78 is 32.1. The van der Waals surface area contributed by atoms with Crippen molar-refractivity contribution in [2.45, 2.75) is 38.0 Å². The van der Waals surface area contributed by atoms with Gasteiger partial charge in [-0.25, -0.2) is 8.42 Å². The number of amides is 2. The van der Waals surface area contributed by atoms with Crippen molar-refractivity contribution in [3.8, 4) is 0 Å². The maximum absolute atomic E-state index is 11.4. The van der Waals surface area contributed by atoms with Crippen molar-refractivity contribution in [1.82, 2.24) is 5.06 Å². The van der Waals surface area contributed by atoms with Crippen molar-refractivity contribution in [3.63, 3.8) is 0 Å². The Labute approximate surface area is 121 Å². The first-order valence-electron chi connectivity index (χ1n) is 4.53. The zero-order valence-corrected chi connectivity index (χ0v) is 12.9. The van der Waals surface area contributed by atoms with E-state index in [1.54, 1.807) is 20.8 Å². The standard InChI is InChI=1S/C8H13NO6S.Na/c1-8(2,3)15-9-6(10)4-5(7(9)11)16(12,13)14;/h5H,4H2,1-3H3,(H,12,13,14);/q;+1/p-1. The van der Waals surface area contributed by atoms with Gasteiger partial charge in [-0.05, 0) is 20.8 Å². The second-order valence-corrected chi connectivity index (χ2v) is 5.97. The molecule has 1 unspecified atom stereocenters. The van der Waals surface area contributed by atoms with Crippen LogP contribution in [0.1, 0.15) is 27.2 Å². The maximum Gasteiger partial charge on any atom is 1.00 e. The number of hydrogen-bond acceptors (Lipinski definition) is 6. The molecule has 0 radical (unpaired) electrons. The average molecular weight is 273 g/mol. The molecule has 17 heavy (non-hydrogen) atoms. The molecule has 1 heterocycles. The molecule has 0 bridgehead atoms. The number of rotatable bonds is 2. The van der Waals surface area contributed by atoms with Crippen LogP contribution in [-0.4, -0.2) is 40.7 Å². The third kappa shape index (κ3) is 4.31. The summed E-state index contributed by atoms with van der Waals surface area (Å²) in [6, 6.07) is 0. The minimum absolute atomic E-state index is 0. The Morgan fingerprint density at radius 3 is 2.12 bits per heavy atom. The minimum atomic E-state index is -4.82. The van der Waals surface area contributed by atoms with Crippen molar-refractivity contribution in [2.75, 3.05) is 0 Å². The molecular weight excluding hydrogens is 261 g/mol. The fourth-order valence-corrected chi connectivity index (χ4v) is 1.87. The molecule has 2 amide bonds. The molecule has 0 aromatic heterocycles. The van der Waals surface area contributed by atoms with Gasteiger partial charge in [0.2, 0.25) is 0 Å². The molecule has 0 aromatic rings. The Hall–Kier alpha value is 0.01000. The molecule has 0 aliphatic carbocycles. The van der Waals surface area contributed by atoms with Crippen LogP contribution in [0.5, 0.6) is 0 Å². The number of hydroxylamine groups is 2. The Balaban J connectivity index is 0.00000256. The van der Waals surface area contributed by atoms with Gasteiger partial charge in [-0.2, -0.15) is 5.06 Å². The largest absolute Gasteiger partial charge is 1.00 e. The molecule has 7 nitrogen and oxygen atoms in total. The summed E-state index contributed by atoms with van der Waals surface area (Å²) in [5, 5.41) is -1.50. The number of hydrogen-bond donors (Lipinski definition) is 0. The van der Waals surface area contributed by atoms with Crippen molar-refractivity contribution in [1.29, 1.82) is 0 Å². The van der Waals surface area contributed by atoms with Crippen LogP contribution in [0, 0.1) is 0 Å². The van der Waals surface area contributed by atoms with E-state index in [4.69, 9.17) is 4.84 Å². The van der Waals surface area contributed by atoms with E-state index in [0.717, 1.165) is 0 Å². The number of imide groups is 1. The van der Waals surface area contributed by atoms with Crippen LogP contribution in [0.25, 0.3) is 0 Å². The van der Waals surface area contributed by atoms with E-state index in [2.05, 4.69) is 0 Å². The van der Waals surface area contributed by atoms with Crippen LogP contribution < -0.4 is 29.6 Å². The zero-order valence-electron chi connectivity index (χ0n) is 10.1. The van der Waals surface area contributed by atoms with Gasteiger partial charge in [0.15, 0.2) is 0 Å². The Kier molecular flexibility index (Phi) is 5.33. The van der Waals surface area contributed by atoms with Crippen LogP contribution in [-0.2, 0) is 24.5 Å². The first-order chi connectivity index (χ1) is 7.02. The van der Waals surface area contributed by atoms with Crippen molar-refractivity contribution < 1.29 is 57.0 Å². The molecule has 9 heteroatoms. The first-order valence-corrected chi connectivity index (χ1v) is 6.00. The maximum atomic E-state index is 11.4. The van der Waals surface area contributed by atoms with Crippen molar-refractivity contribution in [3.05, 3.63) is 0 Å². The second-order valence-electron chi connectivity index (χ2n) is 4.42. The summed E-state index contributed by atoms with van der Waals surface area (Å²) in [7, 11) is -4.82. The smallest absolute Gasteiger partial charge is 0.747 e. The quantitative estimate of drug-likeness (QED) is 0.292. The van der Waals surface area contributed by atoms with Crippen LogP contribution in [0.15, 0.2) is 0 Å². The molecule has 1 saturated heterocycles. The summed E-state index contributed by atoms with van der Waals surface area (Å²) in [6.45, 7) is 4.77. The van der Waals surface area contributed by atoms with E-state index in [1.807, 2.05) is 0 Å². The van der Waals surface area contributed by atoms with Gasteiger partial charge in [-0.1, -0.05) is 0 Å². The topological polar surface area (TPSA) is 104 Å². The van der Waals surface area contributed by atoms with Gasteiger partial charge in [-0.3, -0.25) is 14.4 Å². The van der Waals surface area contributed by atoms with Crippen molar-refractivity contribution >= 4 is 21.9 Å². The molecule has 0 saturated carbocycles. The van der Waals surface area contributed by atoms with Gasteiger partial charge in [0, 0.05) is 0 Å². The molecule has 1 atom stereocenters. The molecule has 1 rings (SSSR count). The first kappa shape index (κ1) is 17.0. The fourth-order valence-electron chi connectivity index (χ4n) is 1.18. The van der Waals surface area contributed by atoms with Gasteiger partial charge in [0.25, 0.3) is 11.8 Å². The van der Waals surface area contributed by atoms with E-state index < -0.39 is 39.2 Å². The van der Waals surface area contributed by atoms with Crippen LogP contribution in [0.4, 0.5) is 0 Å². The normalized spacial score (nSPS) is 21.6. The second kappa shape index (κ2) is 5.33. The number of nitrogens with zero attached hydrogens (tertiary/aromatic N) is 1. The van der Waals surface area contributed by atoms with E-state index in [9.17, 15) is 22.6 Å². The zero-order chi connectivity index (χ0) is 12.7. The SMILES string of the molecule is CC(C)(C)ON1C(=O)CC(S(=O)(=O)[O-])C1=O.[Na+]. The van der Waals surface area contributed by atoms with E-state index in [1.165, 1.54) is 0 Å². The van der Waals surface area contributed by atoms with Gasteiger partial charge in [0.1, 0.15) is 15.4 Å². The van der Waals surface area contributed by atoms with E-state index in [-0.39, 0.29) is 29.6 Å². The van der Waals surface area contributed by atoms with Gasteiger partial charge in [-0.15, -0.1) is 0 Å². The van der Waals surface area contributed by atoms with Crippen molar-refractivity contribution in [2.24, 2.45) is 0 Å². The van der Waals surface area contributed by atoms with Crippen LogP contribution in [0.3, 0.4) is 0 Å². The van der Waals surface area contributed by atoms with Crippen LogP contribution in [0.2, 0.25) is 0 Å². The number of carbonyl (C=O) groups excluding carboxylic acids is 2. The van der Waals surface area contributed by atoms with E-state index in [0.29, 0.717) is 5.06 Å².